The summed E-state index contributed by atoms with van der Waals surface area (Å²) in [6.07, 6.45) is 7.88. The van der Waals surface area contributed by atoms with Gasteiger partial charge in [-0.3, -0.25) is 9.59 Å². The molecule has 5 rings (SSSR count). The molecule has 0 unspecified atom stereocenters. The van der Waals surface area contributed by atoms with E-state index in [1.54, 1.807) is 0 Å². The average molecular weight is 340 g/mol. The lowest BCUT2D eigenvalue weighted by Gasteiger charge is -2.57. The highest BCUT2D eigenvalue weighted by Crippen LogP contribution is 2.55. The van der Waals surface area contributed by atoms with Crippen molar-refractivity contribution in [2.45, 2.75) is 63.5 Å². The Kier molecular flexibility index (Phi) is 4.30. The highest BCUT2D eigenvalue weighted by atomic mass is 16.2. The molecule has 0 aliphatic heterocycles. The summed E-state index contributed by atoms with van der Waals surface area (Å²) in [5, 5.41) is 6.34. The van der Waals surface area contributed by atoms with Gasteiger partial charge in [0.25, 0.3) is 0 Å². The summed E-state index contributed by atoms with van der Waals surface area (Å²) in [6, 6.07) is 9.52. The van der Waals surface area contributed by atoms with Gasteiger partial charge in [-0.05, 0) is 61.8 Å². The second kappa shape index (κ2) is 6.47. The summed E-state index contributed by atoms with van der Waals surface area (Å²) in [5.74, 6) is 2.41. The Bertz CT molecular complexity index is 620. The van der Waals surface area contributed by atoms with Crippen LogP contribution in [0.5, 0.6) is 0 Å². The van der Waals surface area contributed by atoms with Crippen LogP contribution in [0.3, 0.4) is 0 Å². The fourth-order valence-electron chi connectivity index (χ4n) is 5.98. The van der Waals surface area contributed by atoms with Gasteiger partial charge in [-0.25, -0.2) is 0 Å². The zero-order chi connectivity index (χ0) is 17.4. The standard InChI is InChI=1S/C21H28N2O2/c1-14(24)22-19(18-5-3-2-4-6-18)10-20(25)23-21-11-15-7-16(12-21)9-17(8-15)13-21/h2-6,15-17,19H,7-13H2,1H3,(H,22,24)(H,23,25)/t15?,16?,17?,19-,21?/m0/s1. The monoisotopic (exact) mass is 340 g/mol. The van der Waals surface area contributed by atoms with Crippen molar-refractivity contribution in [1.82, 2.24) is 10.6 Å². The Labute approximate surface area is 149 Å². The highest BCUT2D eigenvalue weighted by Gasteiger charge is 2.51. The molecule has 0 saturated heterocycles. The van der Waals surface area contributed by atoms with Crippen molar-refractivity contribution in [2.24, 2.45) is 17.8 Å². The SMILES string of the molecule is CC(=O)N[C@@H](CC(=O)NC12CC3CC(CC(C3)C1)C2)c1ccccc1. The Morgan fingerprint density at radius 2 is 1.60 bits per heavy atom. The molecule has 1 aromatic carbocycles. The molecule has 0 radical (unpaired) electrons. The van der Waals surface area contributed by atoms with Gasteiger partial charge >= 0.3 is 0 Å². The average Bonchev–Trinajstić information content (AvgIpc) is 2.52. The second-order valence-electron chi connectivity index (χ2n) is 8.61. The van der Waals surface area contributed by atoms with Gasteiger partial charge in [0.2, 0.25) is 11.8 Å². The molecule has 4 nitrogen and oxygen atoms in total. The third-order valence-corrected chi connectivity index (χ3v) is 6.41. The minimum Gasteiger partial charge on any atom is -0.351 e. The number of hydrogen-bond acceptors (Lipinski definition) is 2. The maximum atomic E-state index is 12.8. The van der Waals surface area contributed by atoms with E-state index in [0.29, 0.717) is 6.42 Å². The van der Waals surface area contributed by atoms with E-state index in [9.17, 15) is 9.59 Å². The van der Waals surface area contributed by atoms with Crippen LogP contribution in [0.25, 0.3) is 0 Å². The minimum absolute atomic E-state index is 0.0310. The van der Waals surface area contributed by atoms with E-state index < -0.39 is 0 Å². The molecule has 4 saturated carbocycles. The molecular formula is C21H28N2O2. The number of hydrogen-bond donors (Lipinski definition) is 2. The first-order valence-electron chi connectivity index (χ1n) is 9.64. The fraction of sp³-hybridized carbons (Fsp3) is 0.619. The number of nitrogens with one attached hydrogen (secondary N) is 2. The van der Waals surface area contributed by atoms with E-state index in [-0.39, 0.29) is 23.4 Å². The molecule has 2 N–H and O–H groups in total. The smallest absolute Gasteiger partial charge is 0.222 e. The van der Waals surface area contributed by atoms with Gasteiger partial charge < -0.3 is 10.6 Å². The van der Waals surface area contributed by atoms with Crippen LogP contribution in [0.2, 0.25) is 0 Å². The lowest BCUT2D eigenvalue weighted by molar-refractivity contribution is -0.127. The predicted octanol–water partition coefficient (Wildman–Crippen LogP) is 3.34. The first-order valence-corrected chi connectivity index (χ1v) is 9.64. The summed E-state index contributed by atoms with van der Waals surface area (Å²) < 4.78 is 0. The zero-order valence-electron chi connectivity index (χ0n) is 15.0. The van der Waals surface area contributed by atoms with E-state index in [2.05, 4.69) is 10.6 Å². The largest absolute Gasteiger partial charge is 0.351 e. The summed E-state index contributed by atoms with van der Waals surface area (Å²) in [5.41, 5.74) is 1.02. The van der Waals surface area contributed by atoms with Crippen LogP contribution in [0.1, 0.15) is 63.5 Å². The fourth-order valence-corrected chi connectivity index (χ4v) is 5.98. The Balaban J connectivity index is 1.44. The molecule has 4 fully saturated rings. The molecular weight excluding hydrogens is 312 g/mol. The van der Waals surface area contributed by atoms with Crippen LogP contribution in [-0.4, -0.2) is 17.4 Å². The Morgan fingerprint density at radius 3 is 2.12 bits per heavy atom. The van der Waals surface area contributed by atoms with Crippen molar-refractivity contribution in [3.8, 4) is 0 Å². The first-order chi connectivity index (χ1) is 12.0. The molecule has 134 valence electrons. The van der Waals surface area contributed by atoms with Gasteiger partial charge in [0.15, 0.2) is 0 Å². The number of amides is 2. The third kappa shape index (κ3) is 3.58. The summed E-state index contributed by atoms with van der Waals surface area (Å²) in [6.45, 7) is 1.51. The number of benzene rings is 1. The van der Waals surface area contributed by atoms with Crippen molar-refractivity contribution < 1.29 is 9.59 Å². The van der Waals surface area contributed by atoms with Crippen LogP contribution < -0.4 is 10.6 Å². The third-order valence-electron chi connectivity index (χ3n) is 6.41. The molecule has 25 heavy (non-hydrogen) atoms. The summed E-state index contributed by atoms with van der Waals surface area (Å²) in [4.78, 5) is 24.4. The molecule has 2 amide bonds. The zero-order valence-corrected chi connectivity index (χ0v) is 15.0. The van der Waals surface area contributed by atoms with Crippen LogP contribution in [0.4, 0.5) is 0 Å². The molecule has 4 aliphatic rings. The van der Waals surface area contributed by atoms with Crippen LogP contribution >= 0.6 is 0 Å². The predicted molar refractivity (Wildman–Crippen MR) is 96.7 cm³/mol. The molecule has 0 spiro atoms. The normalized spacial score (nSPS) is 33.7. The van der Waals surface area contributed by atoms with Gasteiger partial charge in [0, 0.05) is 12.5 Å². The van der Waals surface area contributed by atoms with Crippen molar-refractivity contribution in [2.75, 3.05) is 0 Å². The van der Waals surface area contributed by atoms with Crippen molar-refractivity contribution >= 4 is 11.8 Å². The van der Waals surface area contributed by atoms with Crippen molar-refractivity contribution in [1.29, 1.82) is 0 Å². The van der Waals surface area contributed by atoms with E-state index in [1.807, 2.05) is 30.3 Å². The molecule has 0 heterocycles. The second-order valence-corrected chi connectivity index (χ2v) is 8.61. The Hall–Kier alpha value is -1.84. The lowest BCUT2D eigenvalue weighted by Crippen LogP contribution is -2.60. The highest BCUT2D eigenvalue weighted by molar-refractivity contribution is 5.79. The van der Waals surface area contributed by atoms with Gasteiger partial charge in [0.05, 0.1) is 12.5 Å². The van der Waals surface area contributed by atoms with Gasteiger partial charge in [-0.2, -0.15) is 0 Å². The quantitative estimate of drug-likeness (QED) is 0.864. The number of carbonyl (C=O) groups excluding carboxylic acids is 2. The molecule has 1 aromatic rings. The minimum atomic E-state index is -0.257. The summed E-state index contributed by atoms with van der Waals surface area (Å²) in [7, 11) is 0. The topological polar surface area (TPSA) is 58.2 Å². The van der Waals surface area contributed by atoms with E-state index in [4.69, 9.17) is 0 Å². The molecule has 0 aromatic heterocycles. The van der Waals surface area contributed by atoms with Crippen LogP contribution in [0, 0.1) is 17.8 Å². The van der Waals surface area contributed by atoms with Crippen LogP contribution in [-0.2, 0) is 9.59 Å². The first kappa shape index (κ1) is 16.6. The van der Waals surface area contributed by atoms with Crippen molar-refractivity contribution in [3.63, 3.8) is 0 Å². The Morgan fingerprint density at radius 1 is 1.04 bits per heavy atom. The van der Waals surface area contributed by atoms with E-state index >= 15 is 0 Å². The van der Waals surface area contributed by atoms with Crippen molar-refractivity contribution in [3.05, 3.63) is 35.9 Å². The van der Waals surface area contributed by atoms with Gasteiger partial charge in [0.1, 0.15) is 0 Å². The maximum absolute atomic E-state index is 12.8. The number of carbonyl (C=O) groups is 2. The molecule has 4 aliphatic carbocycles. The molecule has 1 atom stereocenters. The molecule has 4 heteroatoms. The maximum Gasteiger partial charge on any atom is 0.222 e. The van der Waals surface area contributed by atoms with E-state index in [1.165, 1.54) is 26.2 Å². The van der Waals surface area contributed by atoms with Gasteiger partial charge in [-0.15, -0.1) is 0 Å². The van der Waals surface area contributed by atoms with Crippen LogP contribution in [0.15, 0.2) is 30.3 Å². The summed E-state index contributed by atoms with van der Waals surface area (Å²) >= 11 is 0. The molecule has 4 bridgehead atoms. The van der Waals surface area contributed by atoms with E-state index in [0.717, 1.165) is 42.6 Å². The van der Waals surface area contributed by atoms with Gasteiger partial charge in [-0.1, -0.05) is 30.3 Å². The number of rotatable bonds is 5. The lowest BCUT2D eigenvalue weighted by atomic mass is 9.53.